The number of halogens is 1. The van der Waals surface area contributed by atoms with Gasteiger partial charge in [0.1, 0.15) is 0 Å². The van der Waals surface area contributed by atoms with Crippen LogP contribution in [0.4, 0.5) is 4.39 Å². The molecule has 1 aromatic heterocycles. The molecule has 0 spiro atoms. The molecule has 2 aromatic rings. The minimum Gasteiger partial charge on any atom is -0.490 e. The van der Waals surface area contributed by atoms with Crippen LogP contribution in [0.1, 0.15) is 42.0 Å². The zero-order valence-electron chi connectivity index (χ0n) is 12.6. The minimum atomic E-state index is -0.564. The van der Waals surface area contributed by atoms with Gasteiger partial charge in [0, 0.05) is 0 Å². The van der Waals surface area contributed by atoms with Gasteiger partial charge < -0.3 is 10.1 Å². The zero-order chi connectivity index (χ0) is 16.4. The van der Waals surface area contributed by atoms with Gasteiger partial charge in [-0.05, 0) is 43.4 Å². The summed E-state index contributed by atoms with van der Waals surface area (Å²) in [6, 6.07) is 4.14. The van der Waals surface area contributed by atoms with E-state index in [1.807, 2.05) is 0 Å². The predicted octanol–water partition coefficient (Wildman–Crippen LogP) is 1.52. The van der Waals surface area contributed by atoms with E-state index in [4.69, 9.17) is 4.74 Å². The Labute approximate surface area is 131 Å². The van der Waals surface area contributed by atoms with Crippen molar-refractivity contribution in [1.29, 1.82) is 0 Å². The SMILES string of the molecule is C[C@@H](NC(=O)c1n[nH]c(=O)[nH]1)c1ccc(OCC2CC2)c(F)c1. The van der Waals surface area contributed by atoms with Gasteiger partial charge in [-0.15, -0.1) is 5.10 Å². The maximum atomic E-state index is 14.0. The first-order valence-electron chi connectivity index (χ1n) is 7.40. The first-order valence-corrected chi connectivity index (χ1v) is 7.40. The molecule has 8 heteroatoms. The number of aromatic nitrogens is 3. The third-order valence-electron chi connectivity index (χ3n) is 3.69. The summed E-state index contributed by atoms with van der Waals surface area (Å²) in [5.41, 5.74) is 0.0264. The van der Waals surface area contributed by atoms with Crippen molar-refractivity contribution in [2.24, 2.45) is 5.92 Å². The van der Waals surface area contributed by atoms with Crippen LogP contribution < -0.4 is 15.7 Å². The maximum Gasteiger partial charge on any atom is 0.341 e. The number of carbonyl (C=O) groups is 1. The quantitative estimate of drug-likeness (QED) is 0.751. The summed E-state index contributed by atoms with van der Waals surface area (Å²) in [6.07, 6.45) is 2.27. The van der Waals surface area contributed by atoms with Gasteiger partial charge in [-0.3, -0.25) is 9.78 Å². The Hall–Kier alpha value is -2.64. The minimum absolute atomic E-state index is 0.119. The molecule has 7 nitrogen and oxygen atoms in total. The Morgan fingerprint density at radius 2 is 2.30 bits per heavy atom. The van der Waals surface area contributed by atoms with Crippen LogP contribution in [-0.2, 0) is 0 Å². The smallest absolute Gasteiger partial charge is 0.341 e. The van der Waals surface area contributed by atoms with E-state index in [0.29, 0.717) is 18.1 Å². The molecule has 3 N–H and O–H groups in total. The summed E-state index contributed by atoms with van der Waals surface area (Å²) in [7, 11) is 0. The fourth-order valence-electron chi connectivity index (χ4n) is 2.12. The topological polar surface area (TPSA) is 99.9 Å². The summed E-state index contributed by atoms with van der Waals surface area (Å²) in [5.74, 6) is -0.367. The fourth-order valence-corrected chi connectivity index (χ4v) is 2.12. The normalized spacial score (nSPS) is 15.2. The summed E-state index contributed by atoms with van der Waals surface area (Å²) >= 11 is 0. The number of aromatic amines is 2. The van der Waals surface area contributed by atoms with E-state index in [-0.39, 0.29) is 11.6 Å². The molecule has 1 fully saturated rings. The summed E-state index contributed by atoms with van der Waals surface area (Å²) in [5, 5.41) is 8.28. The highest BCUT2D eigenvalue weighted by Crippen LogP contribution is 2.30. The van der Waals surface area contributed by atoms with E-state index < -0.39 is 23.5 Å². The molecule has 1 heterocycles. The highest BCUT2D eigenvalue weighted by Gasteiger charge is 2.22. The summed E-state index contributed by atoms with van der Waals surface area (Å²) in [4.78, 5) is 25.1. The predicted molar refractivity (Wildman–Crippen MR) is 79.7 cm³/mol. The average Bonchev–Trinajstić information content (AvgIpc) is 3.25. The molecule has 0 radical (unpaired) electrons. The molecule has 0 bridgehead atoms. The lowest BCUT2D eigenvalue weighted by molar-refractivity contribution is 0.0929. The molecule has 1 amide bonds. The van der Waals surface area contributed by atoms with Crippen molar-refractivity contribution < 1.29 is 13.9 Å². The number of benzene rings is 1. The highest BCUT2D eigenvalue weighted by atomic mass is 19.1. The second-order valence-electron chi connectivity index (χ2n) is 5.67. The van der Waals surface area contributed by atoms with Gasteiger partial charge in [-0.1, -0.05) is 6.07 Å². The number of carbonyl (C=O) groups excluding carboxylic acids is 1. The molecule has 1 aromatic carbocycles. The van der Waals surface area contributed by atoms with Crippen LogP contribution in [0.5, 0.6) is 5.75 Å². The van der Waals surface area contributed by atoms with Crippen molar-refractivity contribution in [3.8, 4) is 5.75 Å². The number of hydrogen-bond donors (Lipinski definition) is 3. The van der Waals surface area contributed by atoms with Crippen molar-refractivity contribution in [2.45, 2.75) is 25.8 Å². The van der Waals surface area contributed by atoms with Crippen LogP contribution in [0.2, 0.25) is 0 Å². The Morgan fingerprint density at radius 1 is 1.52 bits per heavy atom. The van der Waals surface area contributed by atoms with E-state index in [1.165, 1.54) is 6.07 Å². The Bertz CT molecular complexity index is 766. The molecule has 1 aliphatic carbocycles. The molecule has 1 saturated carbocycles. The van der Waals surface area contributed by atoms with Gasteiger partial charge in [0.2, 0.25) is 5.82 Å². The van der Waals surface area contributed by atoms with Crippen LogP contribution in [-0.4, -0.2) is 27.7 Å². The van der Waals surface area contributed by atoms with Crippen molar-refractivity contribution in [2.75, 3.05) is 6.61 Å². The Balaban J connectivity index is 1.64. The molecule has 0 saturated heterocycles. The second kappa shape index (κ2) is 6.23. The number of nitrogens with zero attached hydrogens (tertiary/aromatic N) is 1. The van der Waals surface area contributed by atoms with E-state index in [2.05, 4.69) is 20.5 Å². The number of nitrogens with one attached hydrogen (secondary N) is 3. The van der Waals surface area contributed by atoms with Gasteiger partial charge in [0.25, 0.3) is 5.91 Å². The number of amides is 1. The van der Waals surface area contributed by atoms with E-state index >= 15 is 0 Å². The third-order valence-corrected chi connectivity index (χ3v) is 3.69. The largest absolute Gasteiger partial charge is 0.490 e. The van der Waals surface area contributed by atoms with Gasteiger partial charge in [-0.2, -0.15) is 0 Å². The molecular formula is C15H17FN4O3. The first kappa shape index (κ1) is 15.3. The number of rotatable bonds is 6. The van der Waals surface area contributed by atoms with Crippen molar-refractivity contribution in [3.05, 3.63) is 45.9 Å². The lowest BCUT2D eigenvalue weighted by atomic mass is 10.1. The molecule has 0 aliphatic heterocycles. The zero-order valence-corrected chi connectivity index (χ0v) is 12.6. The number of H-pyrrole nitrogens is 2. The number of hydrogen-bond acceptors (Lipinski definition) is 4. The van der Waals surface area contributed by atoms with Crippen LogP contribution >= 0.6 is 0 Å². The lowest BCUT2D eigenvalue weighted by Crippen LogP contribution is -2.28. The van der Waals surface area contributed by atoms with Crippen molar-refractivity contribution >= 4 is 5.91 Å². The maximum absolute atomic E-state index is 14.0. The second-order valence-corrected chi connectivity index (χ2v) is 5.67. The van der Waals surface area contributed by atoms with Gasteiger partial charge in [0.05, 0.1) is 12.6 Å². The van der Waals surface area contributed by atoms with Crippen LogP contribution in [0.3, 0.4) is 0 Å². The van der Waals surface area contributed by atoms with Gasteiger partial charge >= 0.3 is 5.69 Å². The van der Waals surface area contributed by atoms with E-state index in [0.717, 1.165) is 12.8 Å². The van der Waals surface area contributed by atoms with Crippen LogP contribution in [0.25, 0.3) is 0 Å². The fraction of sp³-hybridized carbons (Fsp3) is 0.400. The molecule has 122 valence electrons. The molecule has 23 heavy (non-hydrogen) atoms. The monoisotopic (exact) mass is 320 g/mol. The Morgan fingerprint density at radius 3 is 2.91 bits per heavy atom. The lowest BCUT2D eigenvalue weighted by Gasteiger charge is -2.14. The van der Waals surface area contributed by atoms with Crippen molar-refractivity contribution in [3.63, 3.8) is 0 Å². The molecule has 1 aliphatic rings. The Kier molecular flexibility index (Phi) is 4.14. The van der Waals surface area contributed by atoms with E-state index in [1.54, 1.807) is 19.1 Å². The first-order chi connectivity index (χ1) is 11.0. The van der Waals surface area contributed by atoms with Gasteiger partial charge in [-0.25, -0.2) is 14.3 Å². The van der Waals surface area contributed by atoms with Crippen LogP contribution in [0.15, 0.2) is 23.0 Å². The van der Waals surface area contributed by atoms with Gasteiger partial charge in [0.15, 0.2) is 11.6 Å². The average molecular weight is 320 g/mol. The molecule has 0 unspecified atom stereocenters. The summed E-state index contributed by atoms with van der Waals surface area (Å²) < 4.78 is 19.5. The van der Waals surface area contributed by atoms with Crippen LogP contribution in [0, 0.1) is 11.7 Å². The standard InChI is InChI=1S/C15H17FN4O3/c1-8(17-14(21)13-18-15(22)20-19-13)10-4-5-12(11(16)6-10)23-7-9-2-3-9/h4-6,8-9H,2-3,7H2,1H3,(H,17,21)(H2,18,19,20,22)/t8-/m1/s1. The molecule has 1 atom stereocenters. The number of ether oxygens (including phenoxy) is 1. The molecule has 3 rings (SSSR count). The highest BCUT2D eigenvalue weighted by molar-refractivity contribution is 5.90. The van der Waals surface area contributed by atoms with Crippen molar-refractivity contribution in [1.82, 2.24) is 20.5 Å². The van der Waals surface area contributed by atoms with E-state index in [9.17, 15) is 14.0 Å². The summed E-state index contributed by atoms with van der Waals surface area (Å²) in [6.45, 7) is 2.25. The molecular weight excluding hydrogens is 303 g/mol. The third kappa shape index (κ3) is 3.77.